The van der Waals surface area contributed by atoms with Crippen LogP contribution in [-0.2, 0) is 9.47 Å². The van der Waals surface area contributed by atoms with Crippen LogP contribution < -0.4 is 5.32 Å². The molecule has 2 unspecified atom stereocenters. The zero-order chi connectivity index (χ0) is 13.1. The van der Waals surface area contributed by atoms with Crippen LogP contribution in [0.4, 0.5) is 0 Å². The summed E-state index contributed by atoms with van der Waals surface area (Å²) in [7, 11) is 0. The number of aliphatic hydroxyl groups is 1. The van der Waals surface area contributed by atoms with Gasteiger partial charge < -0.3 is 19.9 Å². The van der Waals surface area contributed by atoms with Crippen molar-refractivity contribution in [2.24, 2.45) is 0 Å². The molecule has 3 fully saturated rings. The van der Waals surface area contributed by atoms with Gasteiger partial charge in [0.25, 0.3) is 0 Å². The van der Waals surface area contributed by atoms with Gasteiger partial charge in [0, 0.05) is 24.9 Å². The molecule has 110 valence electrons. The second-order valence-electron chi connectivity index (χ2n) is 6.36. The maximum atomic E-state index is 10.2. The van der Waals surface area contributed by atoms with E-state index in [4.69, 9.17) is 9.47 Å². The molecule has 0 radical (unpaired) electrons. The molecule has 1 heterocycles. The van der Waals surface area contributed by atoms with Crippen LogP contribution >= 0.6 is 0 Å². The van der Waals surface area contributed by atoms with E-state index in [2.05, 4.69) is 5.32 Å². The second-order valence-corrected chi connectivity index (χ2v) is 6.36. The molecule has 4 heteroatoms. The molecule has 1 spiro atoms. The van der Waals surface area contributed by atoms with Gasteiger partial charge in [-0.15, -0.1) is 0 Å². The molecule has 0 amide bonds. The predicted molar refractivity (Wildman–Crippen MR) is 72.9 cm³/mol. The lowest BCUT2D eigenvalue weighted by Gasteiger charge is -2.37. The van der Waals surface area contributed by atoms with E-state index in [1.54, 1.807) is 0 Å². The number of hydrogen-bond donors (Lipinski definition) is 2. The van der Waals surface area contributed by atoms with Crippen LogP contribution in [0.1, 0.15) is 57.8 Å². The Balaban J connectivity index is 1.48. The lowest BCUT2D eigenvalue weighted by molar-refractivity contribution is -0.180. The van der Waals surface area contributed by atoms with Gasteiger partial charge in [0.1, 0.15) is 0 Å². The molecule has 1 aliphatic heterocycles. The molecule has 19 heavy (non-hydrogen) atoms. The Morgan fingerprint density at radius 1 is 0.895 bits per heavy atom. The first kappa shape index (κ1) is 13.8. The summed E-state index contributed by atoms with van der Waals surface area (Å²) < 4.78 is 11.5. The van der Waals surface area contributed by atoms with Crippen molar-refractivity contribution in [3.8, 4) is 0 Å². The number of ether oxygens (including phenoxy) is 2. The average molecular weight is 269 g/mol. The Labute approximate surface area is 115 Å². The molecule has 2 saturated carbocycles. The Bertz CT molecular complexity index is 281. The van der Waals surface area contributed by atoms with Gasteiger partial charge in [-0.3, -0.25) is 0 Å². The minimum Gasteiger partial charge on any atom is -0.392 e. The van der Waals surface area contributed by atoms with Crippen LogP contribution in [0.25, 0.3) is 0 Å². The van der Waals surface area contributed by atoms with E-state index in [1.807, 2.05) is 0 Å². The highest BCUT2D eigenvalue weighted by Crippen LogP contribution is 2.36. The molecule has 2 aliphatic carbocycles. The fraction of sp³-hybridized carbons (Fsp3) is 1.00. The van der Waals surface area contributed by atoms with E-state index >= 15 is 0 Å². The summed E-state index contributed by atoms with van der Waals surface area (Å²) in [5, 5.41) is 13.9. The summed E-state index contributed by atoms with van der Waals surface area (Å²) in [6.45, 7) is 1.50. The first-order valence-electron chi connectivity index (χ1n) is 7.99. The monoisotopic (exact) mass is 269 g/mol. The SMILES string of the molecule is OC1CCCCCC1NC1CCC2(CC1)OCCO2. The first-order valence-corrected chi connectivity index (χ1v) is 7.99. The van der Waals surface area contributed by atoms with E-state index in [-0.39, 0.29) is 11.9 Å². The van der Waals surface area contributed by atoms with E-state index in [1.165, 1.54) is 19.3 Å². The fourth-order valence-electron chi connectivity index (χ4n) is 3.80. The molecular formula is C15H27NO3. The first-order chi connectivity index (χ1) is 9.27. The van der Waals surface area contributed by atoms with E-state index in [0.29, 0.717) is 12.1 Å². The zero-order valence-electron chi connectivity index (χ0n) is 11.8. The number of rotatable bonds is 2. The highest BCUT2D eigenvalue weighted by molar-refractivity contribution is 4.89. The van der Waals surface area contributed by atoms with Crippen LogP contribution in [0.15, 0.2) is 0 Å². The van der Waals surface area contributed by atoms with Gasteiger partial charge >= 0.3 is 0 Å². The molecule has 0 aromatic carbocycles. The third kappa shape index (κ3) is 3.30. The van der Waals surface area contributed by atoms with Gasteiger partial charge in [-0.1, -0.05) is 19.3 Å². The van der Waals surface area contributed by atoms with Crippen molar-refractivity contribution < 1.29 is 14.6 Å². The standard InChI is InChI=1S/C15H27NO3/c17-14-5-3-1-2-4-13(14)16-12-6-8-15(9-7-12)18-10-11-19-15/h12-14,16-17H,1-11H2. The average Bonchev–Trinajstić information content (AvgIpc) is 2.78. The van der Waals surface area contributed by atoms with Crippen LogP contribution in [0.5, 0.6) is 0 Å². The van der Waals surface area contributed by atoms with Crippen LogP contribution in [-0.4, -0.2) is 42.3 Å². The minimum absolute atomic E-state index is 0.155. The van der Waals surface area contributed by atoms with Crippen molar-refractivity contribution in [1.29, 1.82) is 0 Å². The maximum Gasteiger partial charge on any atom is 0.168 e. The smallest absolute Gasteiger partial charge is 0.168 e. The third-order valence-corrected chi connectivity index (χ3v) is 4.99. The Hall–Kier alpha value is -0.160. The summed E-state index contributed by atoms with van der Waals surface area (Å²) in [6, 6.07) is 0.822. The topological polar surface area (TPSA) is 50.7 Å². The molecular weight excluding hydrogens is 242 g/mol. The van der Waals surface area contributed by atoms with E-state index in [9.17, 15) is 5.11 Å². The highest BCUT2D eigenvalue weighted by Gasteiger charge is 2.40. The van der Waals surface area contributed by atoms with Crippen LogP contribution in [0.2, 0.25) is 0 Å². The lowest BCUT2D eigenvalue weighted by atomic mass is 9.89. The van der Waals surface area contributed by atoms with Gasteiger partial charge in [-0.25, -0.2) is 0 Å². The van der Waals surface area contributed by atoms with E-state index in [0.717, 1.165) is 51.7 Å². The summed E-state index contributed by atoms with van der Waals surface area (Å²) in [5.74, 6) is -0.264. The van der Waals surface area contributed by atoms with E-state index < -0.39 is 0 Å². The fourth-order valence-corrected chi connectivity index (χ4v) is 3.80. The molecule has 0 aromatic rings. The summed E-state index contributed by atoms with van der Waals surface area (Å²) in [4.78, 5) is 0. The van der Waals surface area contributed by atoms with Crippen molar-refractivity contribution in [2.75, 3.05) is 13.2 Å². The summed E-state index contributed by atoms with van der Waals surface area (Å²) in [6.07, 6.45) is 9.80. The van der Waals surface area contributed by atoms with Crippen molar-refractivity contribution in [1.82, 2.24) is 5.32 Å². The molecule has 3 aliphatic rings. The quantitative estimate of drug-likeness (QED) is 0.752. The molecule has 0 aromatic heterocycles. The largest absolute Gasteiger partial charge is 0.392 e. The third-order valence-electron chi connectivity index (χ3n) is 4.99. The Kier molecular flexibility index (Phi) is 4.42. The highest BCUT2D eigenvalue weighted by atomic mass is 16.7. The Morgan fingerprint density at radius 2 is 1.58 bits per heavy atom. The van der Waals surface area contributed by atoms with Gasteiger partial charge in [0.2, 0.25) is 0 Å². The summed E-state index contributed by atoms with van der Waals surface area (Å²) in [5.41, 5.74) is 0. The van der Waals surface area contributed by atoms with Gasteiger partial charge in [-0.2, -0.15) is 0 Å². The maximum absolute atomic E-state index is 10.2. The zero-order valence-corrected chi connectivity index (χ0v) is 11.8. The molecule has 0 bridgehead atoms. The molecule has 3 rings (SSSR count). The van der Waals surface area contributed by atoms with Crippen molar-refractivity contribution in [3.63, 3.8) is 0 Å². The van der Waals surface area contributed by atoms with Crippen molar-refractivity contribution in [3.05, 3.63) is 0 Å². The van der Waals surface area contributed by atoms with Gasteiger partial charge in [0.15, 0.2) is 5.79 Å². The number of aliphatic hydroxyl groups excluding tert-OH is 1. The number of hydrogen-bond acceptors (Lipinski definition) is 4. The normalized spacial score (nSPS) is 36.5. The number of nitrogens with one attached hydrogen (secondary N) is 1. The molecule has 1 saturated heterocycles. The van der Waals surface area contributed by atoms with Crippen molar-refractivity contribution >= 4 is 0 Å². The van der Waals surface area contributed by atoms with Gasteiger partial charge in [0.05, 0.1) is 19.3 Å². The van der Waals surface area contributed by atoms with Crippen LogP contribution in [0, 0.1) is 0 Å². The minimum atomic E-state index is -0.264. The molecule has 2 N–H and O–H groups in total. The van der Waals surface area contributed by atoms with Crippen LogP contribution in [0.3, 0.4) is 0 Å². The molecule has 2 atom stereocenters. The lowest BCUT2D eigenvalue weighted by Crippen LogP contribution is -2.49. The Morgan fingerprint density at radius 3 is 2.32 bits per heavy atom. The summed E-state index contributed by atoms with van der Waals surface area (Å²) >= 11 is 0. The second kappa shape index (κ2) is 6.08. The van der Waals surface area contributed by atoms with Crippen molar-refractivity contribution in [2.45, 2.75) is 81.8 Å². The predicted octanol–water partition coefficient (Wildman–Crippen LogP) is 1.96. The molecule has 4 nitrogen and oxygen atoms in total. The van der Waals surface area contributed by atoms with Gasteiger partial charge in [-0.05, 0) is 25.7 Å².